The standard InChI is InChI=1S/C35H35NO7S/c1-37-27-15-13-23(11-12-24-20-31(39-3)34(41-5)32(21-24)40-4)19-29(27)42-17-8-18-43-30-22-25(14-16-28(30)38-2)35-36-26-9-6-7-10-33(26)44-35/h6-7,9-16,19-22H,8,17-18H2,1-5H3/b12-11-. The first-order valence-electron chi connectivity index (χ1n) is 14.0. The number of nitrogens with zero attached hydrogens (tertiary/aromatic N) is 1. The molecule has 0 atom stereocenters. The molecule has 0 aliphatic rings. The number of ether oxygens (including phenoxy) is 7. The zero-order chi connectivity index (χ0) is 30.9. The molecular weight excluding hydrogens is 578 g/mol. The number of thiazole rings is 1. The summed E-state index contributed by atoms with van der Waals surface area (Å²) in [6.45, 7) is 0.888. The van der Waals surface area contributed by atoms with Crippen LogP contribution in [0.3, 0.4) is 0 Å². The van der Waals surface area contributed by atoms with Gasteiger partial charge in [-0.25, -0.2) is 4.98 Å². The minimum atomic E-state index is 0.441. The maximum Gasteiger partial charge on any atom is 0.203 e. The molecule has 0 N–H and O–H groups in total. The molecule has 1 aromatic heterocycles. The van der Waals surface area contributed by atoms with Gasteiger partial charge in [0.25, 0.3) is 0 Å². The van der Waals surface area contributed by atoms with E-state index in [0.717, 1.165) is 31.9 Å². The van der Waals surface area contributed by atoms with Crippen LogP contribution in [0.15, 0.2) is 72.8 Å². The van der Waals surface area contributed by atoms with Gasteiger partial charge in [-0.15, -0.1) is 11.3 Å². The van der Waals surface area contributed by atoms with Crippen LogP contribution in [-0.2, 0) is 0 Å². The highest BCUT2D eigenvalue weighted by molar-refractivity contribution is 7.21. The van der Waals surface area contributed by atoms with Gasteiger partial charge in [0, 0.05) is 12.0 Å². The summed E-state index contributed by atoms with van der Waals surface area (Å²) in [6, 6.07) is 23.6. The van der Waals surface area contributed by atoms with Crippen molar-refractivity contribution in [2.75, 3.05) is 48.8 Å². The van der Waals surface area contributed by atoms with Crippen LogP contribution in [-0.4, -0.2) is 53.7 Å². The smallest absolute Gasteiger partial charge is 0.203 e. The highest BCUT2D eigenvalue weighted by atomic mass is 32.1. The SMILES string of the molecule is COc1ccc(/C=C\c2cc(OC)c(OC)c(OC)c2)cc1OCCCOc1cc(-c2nc3ccccc3s2)ccc1OC. The van der Waals surface area contributed by atoms with Crippen molar-refractivity contribution >= 4 is 33.7 Å². The zero-order valence-corrected chi connectivity index (χ0v) is 26.2. The second kappa shape index (κ2) is 14.5. The third-order valence-corrected chi connectivity index (χ3v) is 7.94. The number of aromatic nitrogens is 1. The Labute approximate surface area is 261 Å². The fourth-order valence-corrected chi connectivity index (χ4v) is 5.60. The molecule has 0 unspecified atom stereocenters. The molecule has 0 spiro atoms. The number of para-hydroxylation sites is 1. The first kappa shape index (κ1) is 30.6. The van der Waals surface area contributed by atoms with E-state index in [2.05, 4.69) is 6.07 Å². The van der Waals surface area contributed by atoms with Crippen LogP contribution in [0.25, 0.3) is 32.9 Å². The second-order valence-electron chi connectivity index (χ2n) is 9.61. The molecule has 0 bridgehead atoms. The van der Waals surface area contributed by atoms with Crippen LogP contribution in [0.4, 0.5) is 0 Å². The van der Waals surface area contributed by atoms with Gasteiger partial charge in [0.15, 0.2) is 34.5 Å². The Hall–Kier alpha value is -4.89. The van der Waals surface area contributed by atoms with Crippen molar-refractivity contribution in [1.82, 2.24) is 4.98 Å². The first-order valence-corrected chi connectivity index (χ1v) is 14.8. The lowest BCUT2D eigenvalue weighted by molar-refractivity contribution is 0.234. The molecule has 9 heteroatoms. The van der Waals surface area contributed by atoms with Gasteiger partial charge in [-0.05, 0) is 65.7 Å². The van der Waals surface area contributed by atoms with Gasteiger partial charge >= 0.3 is 0 Å². The van der Waals surface area contributed by atoms with E-state index in [1.54, 1.807) is 46.9 Å². The van der Waals surface area contributed by atoms with E-state index in [4.69, 9.17) is 38.1 Å². The molecular formula is C35H35NO7S. The molecule has 0 fully saturated rings. The minimum absolute atomic E-state index is 0.441. The van der Waals surface area contributed by atoms with Crippen molar-refractivity contribution < 1.29 is 33.2 Å². The number of fused-ring (bicyclic) bond motifs is 1. The van der Waals surface area contributed by atoms with E-state index in [0.29, 0.717) is 59.9 Å². The van der Waals surface area contributed by atoms with Gasteiger partial charge in [-0.3, -0.25) is 0 Å². The summed E-state index contributed by atoms with van der Waals surface area (Å²) in [5, 5.41) is 0.938. The van der Waals surface area contributed by atoms with Crippen molar-refractivity contribution in [3.63, 3.8) is 0 Å². The fraction of sp³-hybridized carbons (Fsp3) is 0.229. The van der Waals surface area contributed by atoms with E-state index < -0.39 is 0 Å². The molecule has 44 heavy (non-hydrogen) atoms. The van der Waals surface area contributed by atoms with Gasteiger partial charge in [-0.2, -0.15) is 0 Å². The largest absolute Gasteiger partial charge is 0.493 e. The van der Waals surface area contributed by atoms with Gasteiger partial charge in [0.1, 0.15) is 5.01 Å². The zero-order valence-electron chi connectivity index (χ0n) is 25.4. The topological polar surface area (TPSA) is 77.5 Å². The van der Waals surface area contributed by atoms with Crippen LogP contribution >= 0.6 is 11.3 Å². The molecule has 4 aromatic carbocycles. The number of benzene rings is 4. The first-order chi connectivity index (χ1) is 21.6. The molecule has 0 radical (unpaired) electrons. The molecule has 0 saturated heterocycles. The molecule has 1 heterocycles. The summed E-state index contributed by atoms with van der Waals surface area (Å²) >= 11 is 1.65. The monoisotopic (exact) mass is 613 g/mol. The van der Waals surface area contributed by atoms with Crippen LogP contribution in [0.5, 0.6) is 40.2 Å². The molecule has 5 rings (SSSR count). The van der Waals surface area contributed by atoms with Gasteiger partial charge in [-0.1, -0.05) is 30.4 Å². The minimum Gasteiger partial charge on any atom is -0.493 e. The third-order valence-electron chi connectivity index (χ3n) is 6.85. The molecule has 0 aliphatic heterocycles. The number of methoxy groups -OCH3 is 5. The highest BCUT2D eigenvalue weighted by Crippen LogP contribution is 2.39. The second-order valence-corrected chi connectivity index (χ2v) is 10.6. The van der Waals surface area contributed by atoms with E-state index in [-0.39, 0.29) is 0 Å². The van der Waals surface area contributed by atoms with Gasteiger partial charge in [0.2, 0.25) is 5.75 Å². The average Bonchev–Trinajstić information content (AvgIpc) is 3.51. The number of hydrogen-bond donors (Lipinski definition) is 0. The Morgan fingerprint density at radius 1 is 0.591 bits per heavy atom. The summed E-state index contributed by atoms with van der Waals surface area (Å²) in [5.74, 6) is 4.37. The highest BCUT2D eigenvalue weighted by Gasteiger charge is 2.13. The normalized spacial score (nSPS) is 11.0. The van der Waals surface area contributed by atoms with Crippen LogP contribution in [0, 0.1) is 0 Å². The van der Waals surface area contributed by atoms with Crippen LogP contribution < -0.4 is 33.2 Å². The van der Waals surface area contributed by atoms with Crippen molar-refractivity contribution in [2.45, 2.75) is 6.42 Å². The summed E-state index contributed by atoms with van der Waals surface area (Å²) in [5.41, 5.74) is 3.82. The van der Waals surface area contributed by atoms with Crippen LogP contribution in [0.1, 0.15) is 17.5 Å². The van der Waals surface area contributed by atoms with Crippen molar-refractivity contribution in [1.29, 1.82) is 0 Å². The molecule has 228 valence electrons. The Morgan fingerprint density at radius 2 is 1.18 bits per heavy atom. The predicted molar refractivity (Wildman–Crippen MR) is 175 cm³/mol. The quantitative estimate of drug-likeness (QED) is 0.0921. The maximum absolute atomic E-state index is 6.12. The lowest BCUT2D eigenvalue weighted by atomic mass is 10.1. The molecule has 0 amide bonds. The summed E-state index contributed by atoms with van der Waals surface area (Å²) < 4.78 is 40.8. The van der Waals surface area contributed by atoms with E-state index in [1.165, 1.54) is 0 Å². The Bertz CT molecular complexity index is 1690. The third kappa shape index (κ3) is 7.01. The van der Waals surface area contributed by atoms with Crippen LogP contribution in [0.2, 0.25) is 0 Å². The van der Waals surface area contributed by atoms with E-state index >= 15 is 0 Å². The maximum atomic E-state index is 6.12. The molecule has 8 nitrogen and oxygen atoms in total. The summed E-state index contributed by atoms with van der Waals surface area (Å²) in [6.07, 6.45) is 4.61. The van der Waals surface area contributed by atoms with E-state index in [1.807, 2.05) is 78.9 Å². The average molecular weight is 614 g/mol. The van der Waals surface area contributed by atoms with Crippen molar-refractivity contribution in [3.05, 3.63) is 83.9 Å². The lowest BCUT2D eigenvalue weighted by Gasteiger charge is -2.14. The molecule has 5 aromatic rings. The Morgan fingerprint density at radius 3 is 1.82 bits per heavy atom. The lowest BCUT2D eigenvalue weighted by Crippen LogP contribution is -2.06. The van der Waals surface area contributed by atoms with E-state index in [9.17, 15) is 0 Å². The number of rotatable bonds is 14. The summed E-state index contributed by atoms with van der Waals surface area (Å²) in [4.78, 5) is 4.77. The van der Waals surface area contributed by atoms with Gasteiger partial charge in [0.05, 0.1) is 59.0 Å². The van der Waals surface area contributed by atoms with Crippen molar-refractivity contribution in [3.8, 4) is 50.8 Å². The Balaban J connectivity index is 1.22. The van der Waals surface area contributed by atoms with Gasteiger partial charge < -0.3 is 33.2 Å². The fourth-order valence-electron chi connectivity index (χ4n) is 4.64. The summed E-state index contributed by atoms with van der Waals surface area (Å²) in [7, 11) is 8.04. The molecule has 0 saturated carbocycles. The predicted octanol–water partition coefficient (Wildman–Crippen LogP) is 8.02. The Kier molecular flexibility index (Phi) is 10.1. The number of hydrogen-bond acceptors (Lipinski definition) is 9. The molecule has 0 aliphatic carbocycles. The van der Waals surface area contributed by atoms with Crippen molar-refractivity contribution in [2.24, 2.45) is 0 Å².